The van der Waals surface area contributed by atoms with Gasteiger partial charge in [0.05, 0.1) is 6.54 Å². The van der Waals surface area contributed by atoms with Crippen molar-refractivity contribution in [2.45, 2.75) is 25.4 Å². The van der Waals surface area contributed by atoms with Crippen molar-refractivity contribution in [3.8, 4) is 0 Å². The lowest BCUT2D eigenvalue weighted by atomic mass is 10.3. The summed E-state index contributed by atoms with van der Waals surface area (Å²) in [5.41, 5.74) is 6.02. The first-order valence-corrected chi connectivity index (χ1v) is 5.56. The molecule has 1 fully saturated rings. The number of amides is 1. The molecule has 1 amide bonds. The second-order valence-electron chi connectivity index (χ2n) is 4.24. The number of alkyl halides is 2. The zero-order chi connectivity index (χ0) is 12.4. The number of carbonyl (C=O) groups excluding carboxylic acids is 1. The van der Waals surface area contributed by atoms with Gasteiger partial charge in [-0.25, -0.2) is 8.78 Å². The lowest BCUT2D eigenvalue weighted by Gasteiger charge is -2.17. The molecule has 2 N–H and O–H groups in total. The van der Waals surface area contributed by atoms with Crippen LogP contribution in [-0.2, 0) is 6.54 Å². The summed E-state index contributed by atoms with van der Waals surface area (Å²) in [6.07, 6.45) is -0.203. The third kappa shape index (κ3) is 2.63. The molecule has 1 aliphatic heterocycles. The molecular weight excluding hydrogens is 228 g/mol. The highest BCUT2D eigenvalue weighted by Gasteiger charge is 2.26. The average Bonchev–Trinajstić information content (AvgIpc) is 2.85. The maximum absolute atomic E-state index is 12.3. The molecule has 0 bridgehead atoms. The molecule has 1 aromatic heterocycles. The Morgan fingerprint density at radius 1 is 1.59 bits per heavy atom. The highest BCUT2D eigenvalue weighted by atomic mass is 19.3. The van der Waals surface area contributed by atoms with Crippen LogP contribution in [-0.4, -0.2) is 40.9 Å². The Labute approximate surface area is 98.0 Å². The molecule has 0 aliphatic carbocycles. The SMILES string of the molecule is N[C@H]1CCN(C(=O)c2cccn2CC(F)F)C1. The summed E-state index contributed by atoms with van der Waals surface area (Å²) in [6, 6.07) is 3.16. The van der Waals surface area contributed by atoms with E-state index in [0.29, 0.717) is 18.8 Å². The van der Waals surface area contributed by atoms with Gasteiger partial charge in [0.1, 0.15) is 5.69 Å². The third-order valence-electron chi connectivity index (χ3n) is 2.90. The van der Waals surface area contributed by atoms with Crippen molar-refractivity contribution >= 4 is 5.91 Å². The fourth-order valence-corrected chi connectivity index (χ4v) is 2.05. The summed E-state index contributed by atoms with van der Waals surface area (Å²) in [4.78, 5) is 13.7. The van der Waals surface area contributed by atoms with Crippen LogP contribution >= 0.6 is 0 Å². The van der Waals surface area contributed by atoms with E-state index in [1.54, 1.807) is 17.0 Å². The van der Waals surface area contributed by atoms with Crippen LogP contribution in [0.1, 0.15) is 16.9 Å². The van der Waals surface area contributed by atoms with E-state index in [4.69, 9.17) is 5.73 Å². The summed E-state index contributed by atoms with van der Waals surface area (Å²) < 4.78 is 25.9. The van der Waals surface area contributed by atoms with Crippen LogP contribution in [0, 0.1) is 0 Å². The maximum atomic E-state index is 12.3. The minimum atomic E-state index is -2.46. The molecule has 1 atom stereocenters. The van der Waals surface area contributed by atoms with Crippen molar-refractivity contribution in [3.63, 3.8) is 0 Å². The molecule has 0 saturated carbocycles. The Morgan fingerprint density at radius 3 is 2.94 bits per heavy atom. The first-order valence-electron chi connectivity index (χ1n) is 5.56. The third-order valence-corrected chi connectivity index (χ3v) is 2.90. The van der Waals surface area contributed by atoms with Crippen LogP contribution in [0.4, 0.5) is 8.78 Å². The van der Waals surface area contributed by atoms with E-state index in [-0.39, 0.29) is 11.9 Å². The van der Waals surface area contributed by atoms with Crippen molar-refractivity contribution in [3.05, 3.63) is 24.0 Å². The molecule has 0 aromatic carbocycles. The van der Waals surface area contributed by atoms with Crippen LogP contribution in [0.25, 0.3) is 0 Å². The number of aromatic nitrogens is 1. The van der Waals surface area contributed by atoms with E-state index in [1.807, 2.05) is 0 Å². The number of carbonyl (C=O) groups is 1. The first-order chi connectivity index (χ1) is 8.08. The van der Waals surface area contributed by atoms with Gasteiger partial charge in [0.2, 0.25) is 0 Å². The van der Waals surface area contributed by atoms with Gasteiger partial charge in [-0.05, 0) is 18.6 Å². The van der Waals surface area contributed by atoms with E-state index in [1.165, 1.54) is 10.8 Å². The smallest absolute Gasteiger partial charge is 0.270 e. The minimum Gasteiger partial charge on any atom is -0.338 e. The summed E-state index contributed by atoms with van der Waals surface area (Å²) >= 11 is 0. The zero-order valence-electron chi connectivity index (χ0n) is 9.35. The predicted octanol–water partition coefficient (Wildman–Crippen LogP) is 0.926. The number of likely N-dealkylation sites (tertiary alicyclic amines) is 1. The summed E-state index contributed by atoms with van der Waals surface area (Å²) in [5.74, 6) is -0.219. The van der Waals surface area contributed by atoms with Crippen molar-refractivity contribution < 1.29 is 13.6 Å². The molecule has 1 aromatic rings. The Balaban J connectivity index is 2.11. The molecular formula is C11H15F2N3O. The van der Waals surface area contributed by atoms with E-state index in [2.05, 4.69) is 0 Å². The number of nitrogens with two attached hydrogens (primary N) is 1. The summed E-state index contributed by atoms with van der Waals surface area (Å²) in [6.45, 7) is 0.645. The molecule has 94 valence electrons. The van der Waals surface area contributed by atoms with E-state index in [0.717, 1.165) is 6.42 Å². The summed E-state index contributed by atoms with van der Waals surface area (Å²) in [5, 5.41) is 0. The molecule has 6 heteroatoms. The number of hydrogen-bond acceptors (Lipinski definition) is 2. The van der Waals surface area contributed by atoms with Crippen molar-refractivity contribution in [1.82, 2.24) is 9.47 Å². The fraction of sp³-hybridized carbons (Fsp3) is 0.545. The van der Waals surface area contributed by atoms with Crippen LogP contribution in [0.5, 0.6) is 0 Å². The Hall–Kier alpha value is -1.43. The zero-order valence-corrected chi connectivity index (χ0v) is 9.35. The van der Waals surface area contributed by atoms with Gasteiger partial charge in [-0.2, -0.15) is 0 Å². The molecule has 4 nitrogen and oxygen atoms in total. The molecule has 0 spiro atoms. The van der Waals surface area contributed by atoms with Gasteiger partial charge in [-0.1, -0.05) is 0 Å². The van der Waals surface area contributed by atoms with Crippen LogP contribution in [0.15, 0.2) is 18.3 Å². The van der Waals surface area contributed by atoms with Gasteiger partial charge in [0.25, 0.3) is 12.3 Å². The second kappa shape index (κ2) is 4.83. The first kappa shape index (κ1) is 12.0. The number of halogens is 2. The van der Waals surface area contributed by atoms with Crippen molar-refractivity contribution in [1.29, 1.82) is 0 Å². The maximum Gasteiger partial charge on any atom is 0.270 e. The Bertz CT molecular complexity index is 405. The van der Waals surface area contributed by atoms with Crippen molar-refractivity contribution in [2.75, 3.05) is 13.1 Å². The fourth-order valence-electron chi connectivity index (χ4n) is 2.05. The molecule has 0 unspecified atom stereocenters. The van der Waals surface area contributed by atoms with Gasteiger partial charge < -0.3 is 15.2 Å². The molecule has 0 radical (unpaired) electrons. The number of rotatable bonds is 3. The molecule has 1 saturated heterocycles. The topological polar surface area (TPSA) is 51.3 Å². The van der Waals surface area contributed by atoms with Gasteiger partial charge in [0.15, 0.2) is 0 Å². The van der Waals surface area contributed by atoms with Crippen LogP contribution in [0.3, 0.4) is 0 Å². The quantitative estimate of drug-likeness (QED) is 0.858. The highest BCUT2D eigenvalue weighted by Crippen LogP contribution is 2.14. The summed E-state index contributed by atoms with van der Waals surface area (Å²) in [7, 11) is 0. The van der Waals surface area contributed by atoms with Gasteiger partial charge >= 0.3 is 0 Å². The predicted molar refractivity (Wildman–Crippen MR) is 58.9 cm³/mol. The van der Waals surface area contributed by atoms with E-state index >= 15 is 0 Å². The molecule has 2 rings (SSSR count). The number of hydrogen-bond donors (Lipinski definition) is 1. The molecule has 2 heterocycles. The average molecular weight is 243 g/mol. The van der Waals surface area contributed by atoms with E-state index < -0.39 is 13.0 Å². The minimum absolute atomic E-state index is 0.00235. The largest absolute Gasteiger partial charge is 0.338 e. The van der Waals surface area contributed by atoms with Crippen LogP contribution < -0.4 is 5.73 Å². The highest BCUT2D eigenvalue weighted by molar-refractivity contribution is 5.93. The second-order valence-corrected chi connectivity index (χ2v) is 4.24. The van der Waals surface area contributed by atoms with E-state index in [9.17, 15) is 13.6 Å². The van der Waals surface area contributed by atoms with Gasteiger partial charge in [-0.3, -0.25) is 4.79 Å². The lowest BCUT2D eigenvalue weighted by Crippen LogP contribution is -2.33. The Kier molecular flexibility index (Phi) is 3.42. The molecule has 17 heavy (non-hydrogen) atoms. The lowest BCUT2D eigenvalue weighted by molar-refractivity contribution is 0.0769. The number of nitrogens with zero attached hydrogens (tertiary/aromatic N) is 2. The normalized spacial score (nSPS) is 20.2. The Morgan fingerprint density at radius 2 is 2.35 bits per heavy atom. The monoisotopic (exact) mass is 243 g/mol. The van der Waals surface area contributed by atoms with Gasteiger partial charge in [-0.15, -0.1) is 0 Å². The molecule has 1 aliphatic rings. The van der Waals surface area contributed by atoms with Crippen LogP contribution in [0.2, 0.25) is 0 Å². The van der Waals surface area contributed by atoms with Crippen molar-refractivity contribution in [2.24, 2.45) is 5.73 Å². The van der Waals surface area contributed by atoms with Gasteiger partial charge in [0, 0.05) is 25.3 Å². The standard InChI is InChI=1S/C11H15F2N3O/c12-10(13)7-15-4-1-2-9(15)11(17)16-5-3-8(14)6-16/h1-2,4,8,10H,3,5-7,14H2/t8-/m0/s1.